The predicted molar refractivity (Wildman–Crippen MR) is 149 cm³/mol. The molecule has 40 heavy (non-hydrogen) atoms. The van der Waals surface area contributed by atoms with Crippen molar-refractivity contribution in [2.75, 3.05) is 13.2 Å². The Hall–Kier alpha value is -3.00. The fraction of sp³-hybridized carbons (Fsp3) is 0.531. The number of carbonyl (C=O) groups excluding carboxylic acids is 2. The Morgan fingerprint density at radius 3 is 2.38 bits per heavy atom. The molecule has 2 aromatic rings. The van der Waals surface area contributed by atoms with Crippen LogP contribution in [0.25, 0.3) is 0 Å². The zero-order chi connectivity index (χ0) is 32.7. The number of Topliss-reactive ketones (excluding diaryl/α,β-unsaturated/α-hetero) is 1. The smallest absolute Gasteiger partial charge is 0.396 e. The summed E-state index contributed by atoms with van der Waals surface area (Å²) in [6.45, 7) is 5.73. The summed E-state index contributed by atoms with van der Waals surface area (Å²) in [6, 6.07) is 11.1. The molecule has 2 aromatic carbocycles. The molecular formula is C32H39F3N2O3. The van der Waals surface area contributed by atoms with Gasteiger partial charge in [-0.1, -0.05) is 57.2 Å². The van der Waals surface area contributed by atoms with Crippen molar-refractivity contribution >= 4 is 17.4 Å². The number of amides is 1. The van der Waals surface area contributed by atoms with E-state index in [9.17, 15) is 27.9 Å². The molecule has 1 N–H and O–H groups in total. The number of benzene rings is 2. The predicted octanol–water partition coefficient (Wildman–Crippen LogP) is 6.86. The summed E-state index contributed by atoms with van der Waals surface area (Å²) in [7, 11) is 0. The maximum Gasteiger partial charge on any atom is 0.416 e. The van der Waals surface area contributed by atoms with Crippen LogP contribution in [0.4, 0.5) is 13.2 Å². The summed E-state index contributed by atoms with van der Waals surface area (Å²) < 4.78 is 71.5. The van der Waals surface area contributed by atoms with Gasteiger partial charge in [-0.05, 0) is 73.9 Å². The van der Waals surface area contributed by atoms with Gasteiger partial charge in [0.1, 0.15) is 11.4 Å². The number of rotatable bonds is 9. The second kappa shape index (κ2) is 11.9. The van der Waals surface area contributed by atoms with Crippen LogP contribution in [0.1, 0.15) is 98.2 Å². The van der Waals surface area contributed by atoms with Crippen LogP contribution in [0.15, 0.2) is 53.5 Å². The van der Waals surface area contributed by atoms with Gasteiger partial charge < -0.3 is 10.0 Å². The van der Waals surface area contributed by atoms with Gasteiger partial charge in [-0.25, -0.2) is 0 Å². The highest BCUT2D eigenvalue weighted by atomic mass is 19.4. The molecule has 1 saturated carbocycles. The van der Waals surface area contributed by atoms with Crippen LogP contribution in [0, 0.1) is 11.3 Å². The largest absolute Gasteiger partial charge is 0.416 e. The molecule has 0 saturated heterocycles. The van der Waals surface area contributed by atoms with E-state index in [4.69, 9.17) is 10.5 Å². The molecule has 0 atom stereocenters. The molecular weight excluding hydrogens is 517 g/mol. The van der Waals surface area contributed by atoms with E-state index in [2.05, 4.69) is 20.8 Å². The highest BCUT2D eigenvalue weighted by Gasteiger charge is 2.50. The highest BCUT2D eigenvalue weighted by molar-refractivity contribution is 6.46. The number of hydrogen-bond acceptors (Lipinski definition) is 4. The minimum atomic E-state index is -4.55. The number of aliphatic hydroxyl groups excluding tert-OH is 1. The maximum absolute atomic E-state index is 13.8. The van der Waals surface area contributed by atoms with E-state index in [-0.39, 0.29) is 28.8 Å². The van der Waals surface area contributed by atoms with E-state index in [1.165, 1.54) is 24.3 Å². The Bertz CT molecular complexity index is 1410. The van der Waals surface area contributed by atoms with E-state index in [1.807, 2.05) is 0 Å². The molecule has 4 rings (SSSR count). The fourth-order valence-electron chi connectivity index (χ4n) is 5.70. The summed E-state index contributed by atoms with van der Waals surface area (Å²) >= 11 is 0. The Balaban J connectivity index is 1.54. The van der Waals surface area contributed by atoms with Gasteiger partial charge in [0.05, 0.1) is 5.56 Å². The number of halogens is 3. The van der Waals surface area contributed by atoms with Crippen LogP contribution in [-0.2, 0) is 17.4 Å². The first-order valence-corrected chi connectivity index (χ1v) is 13.6. The molecule has 1 aliphatic carbocycles. The van der Waals surface area contributed by atoms with Gasteiger partial charge >= 0.3 is 6.18 Å². The standard InChI is InChI=1S/C32H39F3N2O3/c1-30(2,3)25-14-17-31(18-15-25)36-28(24-7-6-8-26(21-24)32(33,34)35)29(40)37(31)19-16-22-10-12-23(13-11-22)27(39)9-4-5-20-38/h6-8,10-13,21,25,38H,4-5,9,14-20H2,1-3H3/i4D2,5D2. The van der Waals surface area contributed by atoms with E-state index >= 15 is 0 Å². The van der Waals surface area contributed by atoms with Gasteiger partial charge in [0.25, 0.3) is 5.91 Å². The van der Waals surface area contributed by atoms with Gasteiger partial charge in [0.2, 0.25) is 0 Å². The number of hydrogen-bond donors (Lipinski definition) is 1. The molecule has 0 radical (unpaired) electrons. The summed E-state index contributed by atoms with van der Waals surface area (Å²) in [4.78, 5) is 33.0. The lowest BCUT2D eigenvalue weighted by Crippen LogP contribution is -2.50. The molecule has 1 spiro atoms. The van der Waals surface area contributed by atoms with Crippen LogP contribution < -0.4 is 0 Å². The second-order valence-corrected chi connectivity index (χ2v) is 11.7. The number of ketones is 1. The minimum absolute atomic E-state index is 0.0308. The molecule has 5 nitrogen and oxygen atoms in total. The van der Waals surface area contributed by atoms with E-state index in [0.717, 1.165) is 30.5 Å². The zero-order valence-corrected chi connectivity index (χ0v) is 23.1. The van der Waals surface area contributed by atoms with E-state index in [1.54, 1.807) is 17.0 Å². The summed E-state index contributed by atoms with van der Waals surface area (Å²) in [5.74, 6) is -0.602. The van der Waals surface area contributed by atoms with Crippen molar-refractivity contribution in [1.29, 1.82) is 0 Å². The van der Waals surface area contributed by atoms with Crippen molar-refractivity contribution < 1.29 is 33.3 Å². The minimum Gasteiger partial charge on any atom is -0.396 e. The quantitative estimate of drug-likeness (QED) is 0.341. The lowest BCUT2D eigenvalue weighted by atomic mass is 9.69. The third-order valence-corrected chi connectivity index (χ3v) is 8.10. The average Bonchev–Trinajstić information content (AvgIpc) is 3.21. The SMILES string of the molecule is [2H]C([2H])(CO)C([2H])([2H])CC(=O)c1ccc(CCN2C(=O)C(c3cccc(C(F)(F)F)c3)=NC23CCC(C(C)(C)C)CC3)cc1. The lowest BCUT2D eigenvalue weighted by Gasteiger charge is -2.45. The fourth-order valence-corrected chi connectivity index (χ4v) is 5.70. The Kier molecular flexibility index (Phi) is 7.34. The first-order chi connectivity index (χ1) is 20.3. The van der Waals surface area contributed by atoms with Crippen molar-refractivity contribution in [3.05, 3.63) is 70.8 Å². The molecule has 1 heterocycles. The van der Waals surface area contributed by atoms with Gasteiger partial charge in [-0.15, -0.1) is 0 Å². The Morgan fingerprint density at radius 1 is 1.10 bits per heavy atom. The number of nitrogens with zero attached hydrogens (tertiary/aromatic N) is 2. The Labute approximate surface area is 240 Å². The van der Waals surface area contributed by atoms with Gasteiger partial charge in [0.15, 0.2) is 5.78 Å². The van der Waals surface area contributed by atoms with Crippen molar-refractivity contribution in [1.82, 2.24) is 4.90 Å². The number of carbonyl (C=O) groups is 2. The maximum atomic E-state index is 13.8. The monoisotopic (exact) mass is 560 g/mol. The molecule has 1 amide bonds. The number of alkyl halides is 3. The van der Waals surface area contributed by atoms with Crippen LogP contribution in [0.5, 0.6) is 0 Å². The zero-order valence-electron chi connectivity index (χ0n) is 27.1. The molecule has 1 fully saturated rings. The van der Waals surface area contributed by atoms with Crippen LogP contribution in [0.2, 0.25) is 0 Å². The third-order valence-electron chi connectivity index (χ3n) is 8.10. The van der Waals surface area contributed by atoms with Crippen molar-refractivity contribution in [2.24, 2.45) is 16.3 Å². The van der Waals surface area contributed by atoms with Crippen LogP contribution in [-0.4, -0.2) is 46.2 Å². The topological polar surface area (TPSA) is 70.0 Å². The molecule has 0 bridgehead atoms. The summed E-state index contributed by atoms with van der Waals surface area (Å²) in [5.41, 5.74) is -0.478. The summed E-state index contributed by atoms with van der Waals surface area (Å²) in [5, 5.41) is 9.18. The molecule has 216 valence electrons. The normalized spacial score (nSPS) is 23.9. The van der Waals surface area contributed by atoms with Crippen molar-refractivity contribution in [2.45, 2.75) is 83.9 Å². The van der Waals surface area contributed by atoms with Crippen molar-refractivity contribution in [3.8, 4) is 0 Å². The first kappa shape index (κ1) is 24.8. The molecule has 0 unspecified atom stereocenters. The third kappa shape index (κ3) is 6.65. The summed E-state index contributed by atoms with van der Waals surface area (Å²) in [6.07, 6.45) is -7.20. The lowest BCUT2D eigenvalue weighted by molar-refractivity contribution is -0.137. The Morgan fingerprint density at radius 2 is 1.77 bits per heavy atom. The molecule has 2 aliphatic rings. The molecule has 8 heteroatoms. The number of aliphatic hydroxyl groups is 1. The first-order valence-electron chi connectivity index (χ1n) is 15.6. The molecule has 1 aliphatic heterocycles. The van der Waals surface area contributed by atoms with Crippen molar-refractivity contribution in [3.63, 3.8) is 0 Å². The number of aliphatic imine (C=N–C) groups is 1. The van der Waals surface area contributed by atoms with Crippen LogP contribution in [0.3, 0.4) is 0 Å². The van der Waals surface area contributed by atoms with Crippen LogP contribution >= 0.6 is 0 Å². The van der Waals surface area contributed by atoms with Gasteiger partial charge in [-0.3, -0.25) is 14.6 Å². The average molecular weight is 561 g/mol. The van der Waals surface area contributed by atoms with E-state index < -0.39 is 54.9 Å². The van der Waals surface area contributed by atoms with E-state index in [0.29, 0.717) is 25.2 Å². The molecule has 0 aromatic heterocycles. The van der Waals surface area contributed by atoms with Gasteiger partial charge in [-0.2, -0.15) is 13.2 Å². The second-order valence-electron chi connectivity index (χ2n) is 11.7. The highest BCUT2D eigenvalue weighted by Crippen LogP contribution is 2.46. The van der Waals surface area contributed by atoms with Gasteiger partial charge in [0, 0.05) is 36.2 Å².